The van der Waals surface area contributed by atoms with E-state index < -0.39 is 0 Å². The van der Waals surface area contributed by atoms with Crippen molar-refractivity contribution in [1.82, 2.24) is 20.3 Å². The van der Waals surface area contributed by atoms with Crippen LogP contribution in [0.5, 0.6) is 0 Å². The number of nitrogens with zero attached hydrogens (tertiary/aromatic N) is 3. The molecule has 1 aromatic heterocycles. The first-order valence-electron chi connectivity index (χ1n) is 3.94. The summed E-state index contributed by atoms with van der Waals surface area (Å²) in [5, 5.41) is 5.24. The van der Waals surface area contributed by atoms with Crippen molar-refractivity contribution in [2.75, 3.05) is 25.2 Å². The Bertz CT molecular complexity index is 231. The van der Waals surface area contributed by atoms with Gasteiger partial charge in [0.2, 0.25) is 5.95 Å². The molecule has 0 bridgehead atoms. The summed E-state index contributed by atoms with van der Waals surface area (Å²) in [5.41, 5.74) is 3.09. The molecule has 1 fully saturated rings. The molecule has 0 radical (unpaired) electrons. The van der Waals surface area contributed by atoms with Gasteiger partial charge in [0.15, 0.2) is 0 Å². The SMILES string of the molecule is c1cnc(NN2CCNC2)nc1. The zero-order valence-electron chi connectivity index (χ0n) is 6.70. The maximum absolute atomic E-state index is 4.05. The van der Waals surface area contributed by atoms with Gasteiger partial charge in [-0.15, -0.1) is 0 Å². The molecule has 0 unspecified atom stereocenters. The smallest absolute Gasteiger partial charge is 0.237 e. The molecule has 0 spiro atoms. The van der Waals surface area contributed by atoms with Crippen LogP contribution in [0.4, 0.5) is 5.95 Å². The van der Waals surface area contributed by atoms with Gasteiger partial charge in [0.05, 0.1) is 6.67 Å². The Hall–Kier alpha value is -1.20. The number of hydrogen-bond donors (Lipinski definition) is 2. The van der Waals surface area contributed by atoms with E-state index in [0.29, 0.717) is 5.95 Å². The summed E-state index contributed by atoms with van der Waals surface area (Å²) >= 11 is 0. The fraction of sp³-hybridized carbons (Fsp3) is 0.429. The van der Waals surface area contributed by atoms with Crippen LogP contribution in [0.3, 0.4) is 0 Å². The Labute approximate surface area is 70.8 Å². The molecule has 1 aliphatic heterocycles. The highest BCUT2D eigenvalue weighted by Gasteiger charge is 2.10. The zero-order chi connectivity index (χ0) is 8.23. The van der Waals surface area contributed by atoms with Crippen molar-refractivity contribution in [3.05, 3.63) is 18.5 Å². The lowest BCUT2D eigenvalue weighted by atomic mass is 10.7. The van der Waals surface area contributed by atoms with E-state index in [1.54, 1.807) is 18.5 Å². The van der Waals surface area contributed by atoms with Crippen molar-refractivity contribution in [2.45, 2.75) is 0 Å². The molecule has 5 heteroatoms. The predicted octanol–water partition coefficient (Wildman–Crippen LogP) is -0.334. The van der Waals surface area contributed by atoms with Gasteiger partial charge in [0.1, 0.15) is 0 Å². The summed E-state index contributed by atoms with van der Waals surface area (Å²) in [6.07, 6.45) is 3.44. The molecule has 1 saturated heterocycles. The van der Waals surface area contributed by atoms with Gasteiger partial charge in [0, 0.05) is 25.5 Å². The fourth-order valence-corrected chi connectivity index (χ4v) is 1.10. The van der Waals surface area contributed by atoms with Crippen molar-refractivity contribution < 1.29 is 0 Å². The minimum absolute atomic E-state index is 0.654. The Morgan fingerprint density at radius 1 is 1.42 bits per heavy atom. The number of hydrogen-bond acceptors (Lipinski definition) is 5. The summed E-state index contributed by atoms with van der Waals surface area (Å²) in [7, 11) is 0. The number of anilines is 1. The summed E-state index contributed by atoms with van der Waals surface area (Å²) < 4.78 is 0. The average Bonchev–Trinajstić information content (AvgIpc) is 2.59. The van der Waals surface area contributed by atoms with Gasteiger partial charge in [-0.25, -0.2) is 15.0 Å². The van der Waals surface area contributed by atoms with Gasteiger partial charge >= 0.3 is 0 Å². The molecule has 1 aliphatic rings. The normalized spacial score (nSPS) is 18.0. The largest absolute Gasteiger partial charge is 0.302 e. The zero-order valence-corrected chi connectivity index (χ0v) is 6.70. The molecule has 64 valence electrons. The second kappa shape index (κ2) is 3.46. The monoisotopic (exact) mass is 165 g/mol. The third-order valence-corrected chi connectivity index (χ3v) is 1.69. The highest BCUT2D eigenvalue weighted by Crippen LogP contribution is 1.98. The number of rotatable bonds is 2. The lowest BCUT2D eigenvalue weighted by molar-refractivity contribution is 0.400. The van der Waals surface area contributed by atoms with Crippen LogP contribution in [0.2, 0.25) is 0 Å². The molecule has 2 rings (SSSR count). The third kappa shape index (κ3) is 1.69. The van der Waals surface area contributed by atoms with Gasteiger partial charge in [-0.2, -0.15) is 0 Å². The van der Waals surface area contributed by atoms with Crippen LogP contribution in [0, 0.1) is 0 Å². The van der Waals surface area contributed by atoms with E-state index in [-0.39, 0.29) is 0 Å². The van der Waals surface area contributed by atoms with E-state index in [4.69, 9.17) is 0 Å². The molecule has 1 aromatic rings. The molecule has 2 heterocycles. The summed E-state index contributed by atoms with van der Waals surface area (Å²) in [5.74, 6) is 0.654. The molecular weight excluding hydrogens is 154 g/mol. The maximum Gasteiger partial charge on any atom is 0.237 e. The molecule has 0 atom stereocenters. The number of aromatic nitrogens is 2. The minimum atomic E-state index is 0.654. The van der Waals surface area contributed by atoms with Crippen LogP contribution >= 0.6 is 0 Å². The summed E-state index contributed by atoms with van der Waals surface area (Å²) in [6, 6.07) is 1.80. The molecule has 0 amide bonds. The Morgan fingerprint density at radius 2 is 2.25 bits per heavy atom. The first-order chi connectivity index (χ1) is 5.95. The van der Waals surface area contributed by atoms with Crippen LogP contribution in [-0.2, 0) is 0 Å². The van der Waals surface area contributed by atoms with Gasteiger partial charge in [-0.1, -0.05) is 0 Å². The van der Waals surface area contributed by atoms with Crippen molar-refractivity contribution in [3.63, 3.8) is 0 Å². The van der Waals surface area contributed by atoms with Crippen molar-refractivity contribution in [1.29, 1.82) is 0 Å². The van der Waals surface area contributed by atoms with Crippen molar-refractivity contribution in [2.24, 2.45) is 0 Å². The fourth-order valence-electron chi connectivity index (χ4n) is 1.10. The van der Waals surface area contributed by atoms with Crippen molar-refractivity contribution >= 4 is 5.95 Å². The van der Waals surface area contributed by atoms with Gasteiger partial charge < -0.3 is 5.32 Å². The van der Waals surface area contributed by atoms with Gasteiger partial charge in [-0.3, -0.25) is 5.43 Å². The summed E-state index contributed by atoms with van der Waals surface area (Å²) in [4.78, 5) is 8.10. The molecule has 2 N–H and O–H groups in total. The van der Waals surface area contributed by atoms with E-state index in [2.05, 4.69) is 20.7 Å². The standard InChI is InChI=1S/C7H11N5/c1-2-9-7(10-3-1)11-12-5-4-8-6-12/h1-3,8H,4-6H2,(H,9,10,11). The van der Waals surface area contributed by atoms with E-state index in [9.17, 15) is 0 Å². The molecule has 0 aliphatic carbocycles. The number of hydrazine groups is 1. The Morgan fingerprint density at radius 3 is 2.92 bits per heavy atom. The third-order valence-electron chi connectivity index (χ3n) is 1.69. The van der Waals surface area contributed by atoms with Gasteiger partial charge in [0.25, 0.3) is 0 Å². The van der Waals surface area contributed by atoms with Crippen LogP contribution in [-0.4, -0.2) is 34.7 Å². The molecule has 0 saturated carbocycles. The quantitative estimate of drug-likeness (QED) is 0.628. The second-order valence-corrected chi connectivity index (χ2v) is 2.61. The van der Waals surface area contributed by atoms with E-state index in [0.717, 1.165) is 19.8 Å². The van der Waals surface area contributed by atoms with Crippen molar-refractivity contribution in [3.8, 4) is 0 Å². The first-order valence-corrected chi connectivity index (χ1v) is 3.94. The lowest BCUT2D eigenvalue weighted by Gasteiger charge is -2.14. The minimum Gasteiger partial charge on any atom is -0.302 e. The molecular formula is C7H11N5. The maximum atomic E-state index is 4.05. The highest BCUT2D eigenvalue weighted by molar-refractivity contribution is 5.20. The second-order valence-electron chi connectivity index (χ2n) is 2.61. The molecule has 5 nitrogen and oxygen atoms in total. The van der Waals surface area contributed by atoms with Crippen LogP contribution in [0.25, 0.3) is 0 Å². The predicted molar refractivity (Wildman–Crippen MR) is 45.2 cm³/mol. The summed E-state index contributed by atoms with van der Waals surface area (Å²) in [6.45, 7) is 2.84. The topological polar surface area (TPSA) is 53.1 Å². The Balaban J connectivity index is 1.94. The van der Waals surface area contributed by atoms with E-state index in [1.807, 2.05) is 5.01 Å². The van der Waals surface area contributed by atoms with Crippen LogP contribution < -0.4 is 10.7 Å². The van der Waals surface area contributed by atoms with E-state index in [1.165, 1.54) is 0 Å². The molecule has 12 heavy (non-hydrogen) atoms. The molecule has 0 aromatic carbocycles. The average molecular weight is 165 g/mol. The highest BCUT2D eigenvalue weighted by atomic mass is 15.6. The number of nitrogens with one attached hydrogen (secondary N) is 2. The lowest BCUT2D eigenvalue weighted by Crippen LogP contribution is -2.29. The van der Waals surface area contributed by atoms with Crippen LogP contribution in [0.15, 0.2) is 18.5 Å². The first kappa shape index (κ1) is 7.45. The van der Waals surface area contributed by atoms with Gasteiger partial charge in [-0.05, 0) is 6.07 Å². The van der Waals surface area contributed by atoms with Crippen LogP contribution in [0.1, 0.15) is 0 Å². The van der Waals surface area contributed by atoms with E-state index >= 15 is 0 Å². The Kier molecular flexibility index (Phi) is 2.15.